The molecule has 0 saturated carbocycles. The summed E-state index contributed by atoms with van der Waals surface area (Å²) in [7, 11) is -7.50. The average molecular weight is 210 g/mol. The molecule has 0 aliphatic heterocycles. The molecule has 10 heteroatoms. The Hall–Kier alpha value is 0.160. The Morgan fingerprint density at radius 1 is 1.10 bits per heavy atom. The van der Waals surface area contributed by atoms with Crippen LogP contribution in [0.1, 0.15) is 0 Å². The van der Waals surface area contributed by atoms with E-state index >= 15 is 0 Å². The topological polar surface area (TPSA) is 144 Å². The summed E-state index contributed by atoms with van der Waals surface area (Å²) in [4.78, 5) is 0. The van der Waals surface area contributed by atoms with Crippen molar-refractivity contribution in [2.24, 2.45) is 10.3 Å². The van der Waals surface area contributed by atoms with E-state index < -0.39 is 19.3 Å². The van der Waals surface area contributed by atoms with Crippen molar-refractivity contribution in [3.8, 4) is 0 Å². The minimum atomic E-state index is -3.83. The molecule has 0 saturated heterocycles. The SMILES string of the molecule is NS(N)(=O)=O.O=S(O)(O)=S. The van der Waals surface area contributed by atoms with Crippen LogP contribution in [0.2, 0.25) is 0 Å². The Bertz CT molecular complexity index is 211. The molecule has 0 aliphatic carbocycles. The Balaban J connectivity index is 0. The molecule has 7 nitrogen and oxygen atoms in total. The van der Waals surface area contributed by atoms with E-state index in [4.69, 9.17) is 13.3 Å². The predicted molar refractivity (Wildman–Crippen MR) is 38.1 cm³/mol. The van der Waals surface area contributed by atoms with Gasteiger partial charge in [-0.2, -0.15) is 12.6 Å². The number of hydrogen-bond acceptors (Lipinski definition) is 4. The Morgan fingerprint density at radius 3 is 1.10 bits per heavy atom. The third-order valence-electron chi connectivity index (χ3n) is 0. The molecular weight excluding hydrogens is 204 g/mol. The second-order valence-electron chi connectivity index (χ2n) is 1.04. The minimum absolute atomic E-state index is 3.47. The number of hydrogen-bond donors (Lipinski definition) is 4. The van der Waals surface area contributed by atoms with Crippen molar-refractivity contribution in [2.75, 3.05) is 0 Å². The fraction of sp³-hybridized carbons (Fsp3) is 0. The highest BCUT2D eigenvalue weighted by Crippen LogP contribution is 1.62. The summed E-state index contributed by atoms with van der Waals surface area (Å²) >= 11 is 3.47. The fourth-order valence-electron chi connectivity index (χ4n) is 0. The smallest absolute Gasteiger partial charge is 0.271 e. The molecule has 0 rings (SSSR count). The highest BCUT2D eigenvalue weighted by molar-refractivity contribution is 8.26. The largest absolute Gasteiger partial charge is 0.285 e. The molecule has 0 aliphatic rings. The lowest BCUT2D eigenvalue weighted by atomic mass is 13.9. The second kappa shape index (κ2) is 4.12. The summed E-state index contributed by atoms with van der Waals surface area (Å²) in [6, 6.07) is 0. The summed E-state index contributed by atoms with van der Waals surface area (Å²) < 4.78 is 42.3. The highest BCUT2D eigenvalue weighted by Gasteiger charge is 1.78. The van der Waals surface area contributed by atoms with Crippen molar-refractivity contribution in [3.63, 3.8) is 0 Å². The lowest BCUT2D eigenvalue weighted by Crippen LogP contribution is -2.21. The fourth-order valence-corrected chi connectivity index (χ4v) is 0. The maximum absolute atomic E-state index is 9.19. The molecule has 6 N–H and O–H groups in total. The van der Waals surface area contributed by atoms with Crippen LogP contribution in [0.5, 0.6) is 0 Å². The van der Waals surface area contributed by atoms with Crippen molar-refractivity contribution in [1.82, 2.24) is 0 Å². The first-order valence-electron chi connectivity index (χ1n) is 1.50. The molecule has 64 valence electrons. The van der Waals surface area contributed by atoms with Gasteiger partial charge in [0.1, 0.15) is 0 Å². The zero-order valence-electron chi connectivity index (χ0n) is 4.50. The van der Waals surface area contributed by atoms with E-state index in [0.717, 1.165) is 0 Å². The standard InChI is InChI=1S/H4N2O2S.H2O3S2/c2*1-5(2,3)4/h(H4,1,2,3,4);(H2,1,2,3,4). The average Bonchev–Trinajstić information content (AvgIpc) is 1.12. The van der Waals surface area contributed by atoms with Gasteiger partial charge in [0.15, 0.2) is 0 Å². The van der Waals surface area contributed by atoms with Gasteiger partial charge in [-0.1, -0.05) is 0 Å². The predicted octanol–water partition coefficient (Wildman–Crippen LogP) is -2.17. The van der Waals surface area contributed by atoms with E-state index in [9.17, 15) is 8.42 Å². The van der Waals surface area contributed by atoms with Crippen LogP contribution >= 0.6 is 0 Å². The molecule has 0 unspecified atom stereocenters. The van der Waals surface area contributed by atoms with Gasteiger partial charge in [-0.25, -0.2) is 10.3 Å². The quantitative estimate of drug-likeness (QED) is 0.358. The minimum Gasteiger partial charge on any atom is -0.285 e. The summed E-state index contributed by atoms with van der Waals surface area (Å²) in [5.74, 6) is 0. The zero-order valence-corrected chi connectivity index (χ0v) is 6.95. The Kier molecular flexibility index (Phi) is 5.28. The van der Waals surface area contributed by atoms with Crippen LogP contribution in [0, 0.1) is 0 Å². The van der Waals surface area contributed by atoms with Crippen molar-refractivity contribution in [2.45, 2.75) is 0 Å². The van der Waals surface area contributed by atoms with Crippen LogP contribution in [0.25, 0.3) is 0 Å². The van der Waals surface area contributed by atoms with Crippen molar-refractivity contribution in [1.29, 1.82) is 0 Å². The summed E-state index contributed by atoms with van der Waals surface area (Å²) in [5, 5.41) is 8.21. The third kappa shape index (κ3) is 16300. The highest BCUT2D eigenvalue weighted by atomic mass is 32.9. The van der Waals surface area contributed by atoms with Crippen LogP contribution in [-0.4, -0.2) is 21.7 Å². The summed E-state index contributed by atoms with van der Waals surface area (Å²) in [6.07, 6.45) is 0. The van der Waals surface area contributed by atoms with Crippen LogP contribution < -0.4 is 10.3 Å². The van der Waals surface area contributed by atoms with E-state index in [1.807, 2.05) is 0 Å². The molecule has 0 aromatic heterocycles. The van der Waals surface area contributed by atoms with Gasteiger partial charge in [-0.05, 0) is 0 Å². The molecule has 0 amide bonds. The molecule has 10 heavy (non-hydrogen) atoms. The molecule has 0 heterocycles. The maximum Gasteiger partial charge on any atom is 0.271 e. The molecule has 0 fully saturated rings. The van der Waals surface area contributed by atoms with Gasteiger partial charge in [0.25, 0.3) is 19.3 Å². The number of nitrogens with two attached hydrogens (primary N) is 2. The lowest BCUT2D eigenvalue weighted by Gasteiger charge is -1.73. The van der Waals surface area contributed by atoms with Gasteiger partial charge in [0.05, 0.1) is 0 Å². The molecule has 0 spiro atoms. The van der Waals surface area contributed by atoms with Crippen LogP contribution in [-0.2, 0) is 30.5 Å². The Morgan fingerprint density at radius 2 is 1.10 bits per heavy atom. The van der Waals surface area contributed by atoms with Crippen molar-refractivity contribution in [3.05, 3.63) is 0 Å². The molecule has 0 radical (unpaired) electrons. The normalized spacial score (nSPS) is 11.6. The molecule has 0 aromatic carbocycles. The monoisotopic (exact) mass is 210 g/mol. The van der Waals surface area contributed by atoms with E-state index in [2.05, 4.69) is 21.5 Å². The molecule has 0 aromatic rings. The van der Waals surface area contributed by atoms with Gasteiger partial charge < -0.3 is 0 Å². The summed E-state index contributed by atoms with van der Waals surface area (Å²) in [6.45, 7) is 0. The van der Waals surface area contributed by atoms with Crippen LogP contribution in [0.3, 0.4) is 0 Å². The lowest BCUT2D eigenvalue weighted by molar-refractivity contribution is 0.450. The van der Waals surface area contributed by atoms with Gasteiger partial charge in [-0.15, -0.1) is 0 Å². The van der Waals surface area contributed by atoms with Gasteiger partial charge in [-0.3, -0.25) is 9.11 Å². The van der Waals surface area contributed by atoms with Gasteiger partial charge in [0.2, 0.25) is 0 Å². The first-order valence-corrected chi connectivity index (χ1v) is 5.51. The van der Waals surface area contributed by atoms with E-state index in [0.29, 0.717) is 0 Å². The van der Waals surface area contributed by atoms with E-state index in [1.54, 1.807) is 0 Å². The van der Waals surface area contributed by atoms with Gasteiger partial charge in [0, 0.05) is 11.2 Å². The first-order chi connectivity index (χ1) is 4.00. The maximum atomic E-state index is 9.19. The summed E-state index contributed by atoms with van der Waals surface area (Å²) in [5.41, 5.74) is 0. The zero-order chi connectivity index (χ0) is 9.00. The van der Waals surface area contributed by atoms with Crippen molar-refractivity contribution < 1.29 is 21.7 Å². The van der Waals surface area contributed by atoms with Crippen LogP contribution in [0.15, 0.2) is 0 Å². The third-order valence-corrected chi connectivity index (χ3v) is 0. The van der Waals surface area contributed by atoms with E-state index in [1.165, 1.54) is 0 Å². The van der Waals surface area contributed by atoms with E-state index in [-0.39, 0.29) is 0 Å². The molecule has 0 bridgehead atoms. The second-order valence-corrected chi connectivity index (χ2v) is 4.41. The molecular formula is H6N2O5S3. The van der Waals surface area contributed by atoms with Crippen LogP contribution in [0.4, 0.5) is 0 Å². The Labute approximate surface area is 62.9 Å². The van der Waals surface area contributed by atoms with Gasteiger partial charge >= 0.3 is 0 Å². The first kappa shape index (κ1) is 12.8. The number of rotatable bonds is 0. The van der Waals surface area contributed by atoms with Crippen molar-refractivity contribution >= 4 is 30.5 Å². The molecule has 0 atom stereocenters.